The van der Waals surface area contributed by atoms with Crippen molar-refractivity contribution in [3.05, 3.63) is 70.0 Å². The Morgan fingerprint density at radius 3 is 2.71 bits per heavy atom. The summed E-state index contributed by atoms with van der Waals surface area (Å²) in [5, 5.41) is 0. The number of benzene rings is 1. The van der Waals surface area contributed by atoms with Crippen molar-refractivity contribution in [3.8, 4) is 0 Å². The van der Waals surface area contributed by atoms with Crippen molar-refractivity contribution < 1.29 is 9.53 Å². The molecule has 0 bridgehead atoms. The molecule has 0 amide bonds. The average Bonchev–Trinajstić information content (AvgIpc) is 2.91. The third-order valence-corrected chi connectivity index (χ3v) is 3.79. The molecule has 0 unspecified atom stereocenters. The van der Waals surface area contributed by atoms with E-state index in [0.29, 0.717) is 5.56 Å². The first kappa shape index (κ1) is 13.6. The summed E-state index contributed by atoms with van der Waals surface area (Å²) >= 11 is 0. The maximum Gasteiger partial charge on any atom is 0.338 e. The van der Waals surface area contributed by atoms with Crippen LogP contribution >= 0.6 is 0 Å². The fourth-order valence-electron chi connectivity index (χ4n) is 2.67. The SMILES string of the molecule is COC(=O)c1ccnc2c1CC(Cc1ccc(C)cc1)=C2. The fraction of sp³-hybridized carbons (Fsp3) is 0.222. The molecule has 0 aliphatic heterocycles. The van der Waals surface area contributed by atoms with Crippen LogP contribution in [0.15, 0.2) is 42.1 Å². The number of esters is 1. The third kappa shape index (κ3) is 2.72. The van der Waals surface area contributed by atoms with E-state index in [1.165, 1.54) is 23.8 Å². The molecular weight excluding hydrogens is 262 g/mol. The lowest BCUT2D eigenvalue weighted by molar-refractivity contribution is 0.0599. The summed E-state index contributed by atoms with van der Waals surface area (Å²) in [6, 6.07) is 10.3. The minimum Gasteiger partial charge on any atom is -0.465 e. The number of aryl methyl sites for hydroxylation is 1. The van der Waals surface area contributed by atoms with Gasteiger partial charge in [-0.3, -0.25) is 4.98 Å². The van der Waals surface area contributed by atoms with Crippen LogP contribution in [-0.4, -0.2) is 18.1 Å². The number of carbonyl (C=O) groups excluding carboxylic acids is 1. The van der Waals surface area contributed by atoms with Gasteiger partial charge in [0.25, 0.3) is 0 Å². The molecule has 1 heterocycles. The maximum absolute atomic E-state index is 11.8. The van der Waals surface area contributed by atoms with E-state index in [4.69, 9.17) is 4.74 Å². The summed E-state index contributed by atoms with van der Waals surface area (Å²) in [6.07, 6.45) is 5.40. The van der Waals surface area contributed by atoms with Crippen LogP contribution in [0.3, 0.4) is 0 Å². The highest BCUT2D eigenvalue weighted by molar-refractivity contribution is 5.92. The first-order valence-electron chi connectivity index (χ1n) is 6.98. The monoisotopic (exact) mass is 279 g/mol. The van der Waals surface area contributed by atoms with Crippen LogP contribution in [0.25, 0.3) is 6.08 Å². The summed E-state index contributed by atoms with van der Waals surface area (Å²) < 4.78 is 4.84. The molecular formula is C18H17NO2. The molecule has 0 atom stereocenters. The number of rotatable bonds is 3. The van der Waals surface area contributed by atoms with Crippen LogP contribution in [0.5, 0.6) is 0 Å². The fourth-order valence-corrected chi connectivity index (χ4v) is 2.67. The zero-order chi connectivity index (χ0) is 14.8. The summed E-state index contributed by atoms with van der Waals surface area (Å²) in [5.74, 6) is -0.293. The van der Waals surface area contributed by atoms with E-state index in [1.807, 2.05) is 0 Å². The number of carbonyl (C=O) groups is 1. The van der Waals surface area contributed by atoms with E-state index in [2.05, 4.69) is 42.2 Å². The van der Waals surface area contributed by atoms with Gasteiger partial charge in [0.15, 0.2) is 0 Å². The van der Waals surface area contributed by atoms with E-state index in [1.54, 1.807) is 12.3 Å². The van der Waals surface area contributed by atoms with Gasteiger partial charge in [-0.1, -0.05) is 35.4 Å². The average molecular weight is 279 g/mol. The van der Waals surface area contributed by atoms with Gasteiger partial charge in [-0.15, -0.1) is 0 Å². The van der Waals surface area contributed by atoms with Crippen LogP contribution < -0.4 is 0 Å². The zero-order valence-electron chi connectivity index (χ0n) is 12.2. The lowest BCUT2D eigenvalue weighted by Gasteiger charge is -2.06. The van der Waals surface area contributed by atoms with Crippen LogP contribution in [0.2, 0.25) is 0 Å². The van der Waals surface area contributed by atoms with Gasteiger partial charge in [0.2, 0.25) is 0 Å². The van der Waals surface area contributed by atoms with Crippen molar-refractivity contribution in [1.82, 2.24) is 4.98 Å². The summed E-state index contributed by atoms with van der Waals surface area (Å²) in [4.78, 5) is 16.2. The highest BCUT2D eigenvalue weighted by Gasteiger charge is 2.21. The Kier molecular flexibility index (Phi) is 3.57. The number of allylic oxidation sites excluding steroid dienone is 1. The molecule has 106 valence electrons. The van der Waals surface area contributed by atoms with Crippen molar-refractivity contribution in [3.63, 3.8) is 0 Å². The molecule has 1 aliphatic rings. The van der Waals surface area contributed by atoms with Crippen molar-refractivity contribution in [1.29, 1.82) is 0 Å². The quantitative estimate of drug-likeness (QED) is 0.809. The van der Waals surface area contributed by atoms with E-state index in [-0.39, 0.29) is 5.97 Å². The topological polar surface area (TPSA) is 39.2 Å². The molecule has 0 fully saturated rings. The van der Waals surface area contributed by atoms with Crippen LogP contribution in [0.1, 0.15) is 32.7 Å². The summed E-state index contributed by atoms with van der Waals surface area (Å²) in [5.41, 5.74) is 6.30. The van der Waals surface area contributed by atoms with Gasteiger partial charge in [-0.25, -0.2) is 4.79 Å². The zero-order valence-corrected chi connectivity index (χ0v) is 12.2. The molecule has 0 N–H and O–H groups in total. The molecule has 3 nitrogen and oxygen atoms in total. The smallest absolute Gasteiger partial charge is 0.338 e. The van der Waals surface area contributed by atoms with Gasteiger partial charge in [-0.2, -0.15) is 0 Å². The Balaban J connectivity index is 1.83. The minimum atomic E-state index is -0.293. The van der Waals surface area contributed by atoms with Crippen molar-refractivity contribution in [2.24, 2.45) is 0 Å². The van der Waals surface area contributed by atoms with Gasteiger partial charge in [-0.05, 0) is 43.0 Å². The first-order chi connectivity index (χ1) is 10.2. The molecule has 0 radical (unpaired) electrons. The van der Waals surface area contributed by atoms with Gasteiger partial charge in [0.05, 0.1) is 18.4 Å². The van der Waals surface area contributed by atoms with Gasteiger partial charge >= 0.3 is 5.97 Å². The number of hydrogen-bond donors (Lipinski definition) is 0. The summed E-state index contributed by atoms with van der Waals surface area (Å²) in [6.45, 7) is 2.08. The predicted molar refractivity (Wildman–Crippen MR) is 82.1 cm³/mol. The number of nitrogens with zero attached hydrogens (tertiary/aromatic N) is 1. The van der Waals surface area contributed by atoms with Gasteiger partial charge in [0.1, 0.15) is 0 Å². The van der Waals surface area contributed by atoms with E-state index < -0.39 is 0 Å². The Bertz CT molecular complexity index is 714. The Labute approximate surface area is 124 Å². The van der Waals surface area contributed by atoms with Crippen LogP contribution in [0, 0.1) is 6.92 Å². The number of pyridine rings is 1. The Morgan fingerprint density at radius 1 is 1.24 bits per heavy atom. The molecule has 21 heavy (non-hydrogen) atoms. The molecule has 0 saturated heterocycles. The highest BCUT2D eigenvalue weighted by Crippen LogP contribution is 2.28. The third-order valence-electron chi connectivity index (χ3n) is 3.79. The Morgan fingerprint density at radius 2 is 2.00 bits per heavy atom. The number of aromatic nitrogens is 1. The predicted octanol–water partition coefficient (Wildman–Crippen LogP) is 3.36. The van der Waals surface area contributed by atoms with E-state index in [9.17, 15) is 4.79 Å². The minimum absolute atomic E-state index is 0.293. The second-order valence-corrected chi connectivity index (χ2v) is 5.36. The highest BCUT2D eigenvalue weighted by atomic mass is 16.5. The van der Waals surface area contributed by atoms with E-state index >= 15 is 0 Å². The van der Waals surface area contributed by atoms with Crippen molar-refractivity contribution >= 4 is 12.0 Å². The first-order valence-corrected chi connectivity index (χ1v) is 6.98. The normalized spacial score (nSPS) is 12.8. The van der Waals surface area contributed by atoms with Crippen molar-refractivity contribution in [2.45, 2.75) is 19.8 Å². The molecule has 0 spiro atoms. The largest absolute Gasteiger partial charge is 0.465 e. The number of hydrogen-bond acceptors (Lipinski definition) is 3. The molecule has 1 aliphatic carbocycles. The number of methoxy groups -OCH3 is 1. The van der Waals surface area contributed by atoms with Crippen LogP contribution in [-0.2, 0) is 17.6 Å². The number of fused-ring (bicyclic) bond motifs is 1. The maximum atomic E-state index is 11.8. The van der Waals surface area contributed by atoms with E-state index in [0.717, 1.165) is 24.1 Å². The van der Waals surface area contributed by atoms with Gasteiger partial charge in [0, 0.05) is 6.20 Å². The second kappa shape index (κ2) is 5.52. The molecule has 0 saturated carbocycles. The molecule has 3 heteroatoms. The Hall–Kier alpha value is -2.42. The standard InChI is InChI=1S/C18H17NO2/c1-12-3-5-13(6-4-12)9-14-10-16-15(18(20)21-2)7-8-19-17(16)11-14/h3-8,11H,9-10H2,1-2H3. The summed E-state index contributed by atoms with van der Waals surface area (Å²) in [7, 11) is 1.41. The molecule has 1 aromatic heterocycles. The number of ether oxygens (including phenoxy) is 1. The molecule has 1 aromatic carbocycles. The van der Waals surface area contributed by atoms with Gasteiger partial charge < -0.3 is 4.74 Å². The van der Waals surface area contributed by atoms with Crippen molar-refractivity contribution in [2.75, 3.05) is 7.11 Å². The second-order valence-electron chi connectivity index (χ2n) is 5.36. The lowest BCUT2D eigenvalue weighted by atomic mass is 10.0. The molecule has 3 rings (SSSR count). The molecule has 2 aromatic rings. The lowest BCUT2D eigenvalue weighted by Crippen LogP contribution is -2.06. The van der Waals surface area contributed by atoms with Crippen LogP contribution in [0.4, 0.5) is 0 Å².